The number of anilines is 1. The Morgan fingerprint density at radius 1 is 0.978 bits per heavy atom. The van der Waals surface area contributed by atoms with Gasteiger partial charge in [0.1, 0.15) is 17.1 Å². The van der Waals surface area contributed by atoms with Crippen LogP contribution in [0.15, 0.2) is 81.5 Å². The molecular weight excluding hydrogens is 602 g/mol. The number of amides is 1. The minimum atomic E-state index is -0.943. The first kappa shape index (κ1) is 33.3. The molecule has 1 amide bonds. The molecule has 4 rings (SSSR count). The third kappa shape index (κ3) is 7.21. The number of benzene rings is 3. The Kier molecular flexibility index (Phi) is 10.8. The van der Waals surface area contributed by atoms with E-state index < -0.39 is 34.4 Å². The molecule has 0 aliphatic heterocycles. The van der Waals surface area contributed by atoms with Crippen molar-refractivity contribution in [1.29, 1.82) is 0 Å². The summed E-state index contributed by atoms with van der Waals surface area (Å²) in [6.45, 7) is 7.61. The normalized spacial score (nSPS) is 11.2. The van der Waals surface area contributed by atoms with Crippen molar-refractivity contribution in [3.8, 4) is 22.9 Å². The summed E-state index contributed by atoms with van der Waals surface area (Å²) in [5.41, 5.74) is -1.15. The topological polar surface area (TPSA) is 122 Å². The zero-order valence-electron chi connectivity index (χ0n) is 25.6. The molecule has 0 fully saturated rings. The van der Waals surface area contributed by atoms with Crippen LogP contribution in [0.3, 0.4) is 0 Å². The molecule has 0 saturated heterocycles. The van der Waals surface area contributed by atoms with Crippen molar-refractivity contribution < 1.29 is 32.5 Å². The Morgan fingerprint density at radius 3 is 2.28 bits per heavy atom. The molecule has 0 bridgehead atoms. The quantitative estimate of drug-likeness (QED) is 0.119. The van der Waals surface area contributed by atoms with Crippen LogP contribution in [0.5, 0.6) is 17.2 Å². The average Bonchev–Trinajstić information content (AvgIpc) is 3.05. The lowest BCUT2D eigenvalue weighted by Gasteiger charge is -2.16. The van der Waals surface area contributed by atoms with E-state index in [9.17, 15) is 18.8 Å². The first-order valence-electron chi connectivity index (χ1n) is 14.0. The van der Waals surface area contributed by atoms with Crippen LogP contribution < -0.4 is 30.8 Å². The van der Waals surface area contributed by atoms with Gasteiger partial charge in [0.05, 0.1) is 38.7 Å². The number of aliphatic imine (C=N–C) groups is 1. The van der Waals surface area contributed by atoms with Crippen LogP contribution in [0.4, 0.5) is 20.2 Å². The molecule has 1 N–H and O–H groups in total. The van der Waals surface area contributed by atoms with Gasteiger partial charge < -0.3 is 24.3 Å². The molecule has 13 heteroatoms. The molecule has 1 aromatic heterocycles. The second-order valence-electron chi connectivity index (χ2n) is 9.57. The molecular formula is C33H32F2N4O7. The number of carbonyl (C=O) groups excluding carboxylic acids is 1. The van der Waals surface area contributed by atoms with Crippen LogP contribution in [0, 0.1) is 11.6 Å². The number of hydrogen-bond acceptors (Lipinski definition) is 8. The maximum absolute atomic E-state index is 15.3. The Morgan fingerprint density at radius 2 is 1.67 bits per heavy atom. The second kappa shape index (κ2) is 14.9. The first-order valence-corrected chi connectivity index (χ1v) is 14.0. The number of ether oxygens (including phenoxy) is 4. The number of nitrogens with one attached hydrogen (secondary N) is 1. The molecule has 0 saturated carbocycles. The van der Waals surface area contributed by atoms with E-state index in [2.05, 4.69) is 17.0 Å². The van der Waals surface area contributed by atoms with Crippen molar-refractivity contribution in [1.82, 2.24) is 9.13 Å². The van der Waals surface area contributed by atoms with Gasteiger partial charge in [-0.1, -0.05) is 0 Å². The molecule has 0 aliphatic carbocycles. The Balaban J connectivity index is 1.64. The summed E-state index contributed by atoms with van der Waals surface area (Å²) in [7, 11) is 2.95. The van der Waals surface area contributed by atoms with Gasteiger partial charge in [0, 0.05) is 36.2 Å². The zero-order chi connectivity index (χ0) is 33.4. The maximum Gasteiger partial charge on any atom is 0.335 e. The zero-order valence-corrected chi connectivity index (χ0v) is 25.6. The number of rotatable bonds is 13. The largest absolute Gasteiger partial charge is 0.493 e. The predicted molar refractivity (Wildman–Crippen MR) is 170 cm³/mol. The van der Waals surface area contributed by atoms with Crippen molar-refractivity contribution in [3.05, 3.63) is 110 Å². The lowest BCUT2D eigenvalue weighted by atomic mass is 10.1. The van der Waals surface area contributed by atoms with Gasteiger partial charge in [-0.05, 0) is 69.1 Å². The molecule has 0 unspecified atom stereocenters. The van der Waals surface area contributed by atoms with Crippen LogP contribution >= 0.6 is 0 Å². The predicted octanol–water partition coefficient (Wildman–Crippen LogP) is 5.36. The smallest absolute Gasteiger partial charge is 0.335 e. The van der Waals surface area contributed by atoms with Gasteiger partial charge in [0.25, 0.3) is 11.5 Å². The third-order valence-corrected chi connectivity index (χ3v) is 6.78. The highest BCUT2D eigenvalue weighted by atomic mass is 19.1. The van der Waals surface area contributed by atoms with Gasteiger partial charge in [-0.3, -0.25) is 19.1 Å². The number of hydrogen-bond donors (Lipinski definition) is 1. The minimum Gasteiger partial charge on any atom is -0.493 e. The van der Waals surface area contributed by atoms with E-state index in [1.54, 1.807) is 32.1 Å². The molecule has 240 valence electrons. The highest BCUT2D eigenvalue weighted by Gasteiger charge is 2.21. The van der Waals surface area contributed by atoms with E-state index in [-0.39, 0.29) is 36.0 Å². The molecule has 1 heterocycles. The number of nitrogens with zero attached hydrogens (tertiary/aromatic N) is 3. The van der Waals surface area contributed by atoms with Crippen LogP contribution in [0.2, 0.25) is 0 Å². The highest BCUT2D eigenvalue weighted by molar-refractivity contribution is 6.03. The lowest BCUT2D eigenvalue weighted by molar-refractivity contribution is 0.102. The summed E-state index contributed by atoms with van der Waals surface area (Å²) in [5, 5.41) is 2.49. The van der Waals surface area contributed by atoms with E-state index in [1.807, 2.05) is 0 Å². The average molecular weight is 635 g/mol. The lowest BCUT2D eigenvalue weighted by Crippen LogP contribution is -2.42. The van der Waals surface area contributed by atoms with Gasteiger partial charge in [0.15, 0.2) is 23.1 Å². The molecule has 0 spiro atoms. The Labute approximate surface area is 263 Å². The van der Waals surface area contributed by atoms with Gasteiger partial charge in [0.2, 0.25) is 0 Å². The van der Waals surface area contributed by atoms with E-state index in [4.69, 9.17) is 18.9 Å². The van der Waals surface area contributed by atoms with Crippen LogP contribution in [0.25, 0.3) is 11.4 Å². The van der Waals surface area contributed by atoms with Crippen molar-refractivity contribution in [2.75, 3.05) is 32.8 Å². The molecule has 0 atom stereocenters. The third-order valence-electron chi connectivity index (χ3n) is 6.78. The van der Waals surface area contributed by atoms with Crippen LogP contribution in [-0.4, -0.2) is 49.2 Å². The summed E-state index contributed by atoms with van der Waals surface area (Å²) in [5.74, 6) is -1.40. The highest BCUT2D eigenvalue weighted by Crippen LogP contribution is 2.39. The number of carbonyl (C=O) groups is 1. The van der Waals surface area contributed by atoms with Crippen molar-refractivity contribution in [2.45, 2.75) is 20.4 Å². The van der Waals surface area contributed by atoms with E-state index in [1.165, 1.54) is 38.5 Å². The summed E-state index contributed by atoms with van der Waals surface area (Å²) in [6, 6.07) is 11.6. The number of aromatic nitrogens is 2. The van der Waals surface area contributed by atoms with Gasteiger partial charge >= 0.3 is 5.69 Å². The number of halogens is 2. The first-order chi connectivity index (χ1) is 22.1. The summed E-state index contributed by atoms with van der Waals surface area (Å²) < 4.78 is 52.7. The van der Waals surface area contributed by atoms with Gasteiger partial charge in [-0.25, -0.2) is 18.1 Å². The molecule has 0 aliphatic rings. The molecule has 11 nitrogen and oxygen atoms in total. The fourth-order valence-electron chi connectivity index (χ4n) is 4.49. The van der Waals surface area contributed by atoms with Crippen LogP contribution in [-0.2, 0) is 11.3 Å². The molecule has 46 heavy (non-hydrogen) atoms. The Bertz CT molecular complexity index is 1900. The van der Waals surface area contributed by atoms with Crippen molar-refractivity contribution >= 4 is 29.8 Å². The van der Waals surface area contributed by atoms with Gasteiger partial charge in [-0.15, -0.1) is 0 Å². The second-order valence-corrected chi connectivity index (χ2v) is 9.57. The standard InChI is InChI=1S/C33H32F2N4O7/c1-6-27(23-17-29(43-4)30(44-5)18-26(23)36-3)46-28-13-10-21(16-25(28)35)37-31(40)24-19-38(14-15-45-7-2)33(42)39(32(24)41)22-11-8-20(34)9-12-22/h6,8-13,16-19H,3,7,14-15H2,1-2,4-5H3,(H,37,40)/b27-6+. The molecule has 3 aromatic carbocycles. The van der Waals surface area contributed by atoms with Gasteiger partial charge in [-0.2, -0.15) is 0 Å². The van der Waals surface area contributed by atoms with E-state index in [0.29, 0.717) is 29.4 Å². The number of allylic oxidation sites excluding steroid dienone is 1. The fourth-order valence-corrected chi connectivity index (χ4v) is 4.49. The number of methoxy groups -OCH3 is 2. The SMILES string of the molecule is C=Nc1cc(OC)c(OC)cc1/C(=C\C)Oc1ccc(NC(=O)c2cn(CCOCC)c(=O)n(-c3ccc(F)cc3)c2=O)cc1F. The van der Waals surface area contributed by atoms with Crippen LogP contribution in [0.1, 0.15) is 29.8 Å². The summed E-state index contributed by atoms with van der Waals surface area (Å²) in [4.78, 5) is 43.9. The van der Waals surface area contributed by atoms with E-state index in [0.717, 1.165) is 33.5 Å². The summed E-state index contributed by atoms with van der Waals surface area (Å²) in [6.07, 6.45) is 2.72. The fraction of sp³-hybridized carbons (Fsp3) is 0.212. The minimum absolute atomic E-state index is 0.0104. The van der Waals surface area contributed by atoms with Crippen molar-refractivity contribution in [2.24, 2.45) is 4.99 Å². The monoisotopic (exact) mass is 634 g/mol. The summed E-state index contributed by atoms with van der Waals surface area (Å²) >= 11 is 0. The van der Waals surface area contributed by atoms with Crippen molar-refractivity contribution in [3.63, 3.8) is 0 Å². The molecule has 0 radical (unpaired) electrons. The maximum atomic E-state index is 15.3. The Hall–Kier alpha value is -5.56. The van der Waals surface area contributed by atoms with E-state index >= 15 is 4.39 Å². The molecule has 4 aromatic rings.